The van der Waals surface area contributed by atoms with E-state index in [4.69, 9.17) is 0 Å². The Bertz CT molecular complexity index is 934. The van der Waals surface area contributed by atoms with Crippen molar-refractivity contribution in [2.45, 2.75) is 13.1 Å². The van der Waals surface area contributed by atoms with E-state index in [1.807, 2.05) is 31.2 Å². The SMILES string of the molecule is Cc1ccccc1-c1ccc(C(=O)Nc2cccc(C(F)(F)F)c2)cn1. The van der Waals surface area contributed by atoms with Crippen molar-refractivity contribution in [3.05, 3.63) is 83.6 Å². The molecule has 0 bridgehead atoms. The maximum absolute atomic E-state index is 12.7. The molecule has 132 valence electrons. The van der Waals surface area contributed by atoms with E-state index in [1.165, 1.54) is 18.3 Å². The van der Waals surface area contributed by atoms with Crippen LogP contribution in [0.2, 0.25) is 0 Å². The summed E-state index contributed by atoms with van der Waals surface area (Å²) in [5, 5.41) is 2.46. The van der Waals surface area contributed by atoms with Crippen LogP contribution >= 0.6 is 0 Å². The summed E-state index contributed by atoms with van der Waals surface area (Å²) >= 11 is 0. The number of halogens is 3. The lowest BCUT2D eigenvalue weighted by atomic mass is 10.0. The monoisotopic (exact) mass is 356 g/mol. The maximum Gasteiger partial charge on any atom is 0.416 e. The first kappa shape index (κ1) is 17.7. The second-order valence-corrected chi connectivity index (χ2v) is 5.78. The van der Waals surface area contributed by atoms with Crippen LogP contribution in [0.4, 0.5) is 18.9 Å². The van der Waals surface area contributed by atoms with Crippen LogP contribution in [-0.4, -0.2) is 10.9 Å². The van der Waals surface area contributed by atoms with Crippen molar-refractivity contribution in [2.75, 3.05) is 5.32 Å². The second kappa shape index (κ2) is 7.00. The number of carbonyl (C=O) groups is 1. The van der Waals surface area contributed by atoms with Gasteiger partial charge in [-0.2, -0.15) is 13.2 Å². The van der Waals surface area contributed by atoms with Gasteiger partial charge in [-0.25, -0.2) is 0 Å². The predicted octanol–water partition coefficient (Wildman–Crippen LogP) is 5.33. The van der Waals surface area contributed by atoms with E-state index in [0.717, 1.165) is 29.0 Å². The second-order valence-electron chi connectivity index (χ2n) is 5.78. The van der Waals surface area contributed by atoms with E-state index in [1.54, 1.807) is 12.1 Å². The molecule has 0 aliphatic carbocycles. The molecule has 1 amide bonds. The molecule has 1 aromatic heterocycles. The minimum atomic E-state index is -4.46. The van der Waals surface area contributed by atoms with E-state index in [-0.39, 0.29) is 11.3 Å². The number of alkyl halides is 3. The zero-order valence-electron chi connectivity index (χ0n) is 13.8. The molecule has 0 aliphatic heterocycles. The van der Waals surface area contributed by atoms with Crippen molar-refractivity contribution in [3.8, 4) is 11.3 Å². The predicted molar refractivity (Wildman–Crippen MR) is 93.8 cm³/mol. The molecule has 26 heavy (non-hydrogen) atoms. The Morgan fingerprint density at radius 1 is 1.00 bits per heavy atom. The Labute approximate surface area is 148 Å². The first-order chi connectivity index (χ1) is 12.3. The Kier molecular flexibility index (Phi) is 4.75. The van der Waals surface area contributed by atoms with Crippen LogP contribution in [-0.2, 0) is 6.18 Å². The standard InChI is InChI=1S/C20H15F3N2O/c1-13-5-2-3-8-17(13)18-10-9-14(12-24-18)19(26)25-16-7-4-6-15(11-16)20(21,22)23/h2-12H,1H3,(H,25,26). The average molecular weight is 356 g/mol. The fourth-order valence-electron chi connectivity index (χ4n) is 2.52. The van der Waals surface area contributed by atoms with Crippen LogP contribution in [0.15, 0.2) is 66.9 Å². The molecular formula is C20H15F3N2O. The number of aryl methyl sites for hydroxylation is 1. The van der Waals surface area contributed by atoms with E-state index in [0.29, 0.717) is 0 Å². The highest BCUT2D eigenvalue weighted by Crippen LogP contribution is 2.30. The summed E-state index contributed by atoms with van der Waals surface area (Å²) in [7, 11) is 0. The molecule has 0 radical (unpaired) electrons. The van der Waals surface area contributed by atoms with Gasteiger partial charge in [0.2, 0.25) is 0 Å². The third-order valence-electron chi connectivity index (χ3n) is 3.89. The number of amides is 1. The number of rotatable bonds is 3. The van der Waals surface area contributed by atoms with Gasteiger partial charge in [0.1, 0.15) is 0 Å². The van der Waals surface area contributed by atoms with Crippen LogP contribution < -0.4 is 5.32 Å². The van der Waals surface area contributed by atoms with Gasteiger partial charge in [-0.1, -0.05) is 30.3 Å². The zero-order valence-corrected chi connectivity index (χ0v) is 13.8. The summed E-state index contributed by atoms with van der Waals surface area (Å²) in [4.78, 5) is 16.5. The van der Waals surface area contributed by atoms with Gasteiger partial charge in [0.05, 0.1) is 16.8 Å². The Hall–Kier alpha value is -3.15. The molecule has 2 aromatic carbocycles. The summed E-state index contributed by atoms with van der Waals surface area (Å²) in [5.41, 5.74) is 2.26. The summed E-state index contributed by atoms with van der Waals surface area (Å²) in [6.45, 7) is 1.96. The van der Waals surface area contributed by atoms with Crippen molar-refractivity contribution in [2.24, 2.45) is 0 Å². The van der Waals surface area contributed by atoms with Gasteiger partial charge in [-0.15, -0.1) is 0 Å². The molecule has 0 aliphatic rings. The molecule has 1 N–H and O–H groups in total. The molecule has 0 unspecified atom stereocenters. The third kappa shape index (κ3) is 3.91. The molecule has 0 saturated carbocycles. The van der Waals surface area contributed by atoms with Crippen LogP contribution in [0.3, 0.4) is 0 Å². The first-order valence-corrected chi connectivity index (χ1v) is 7.85. The molecule has 3 nitrogen and oxygen atoms in total. The molecule has 0 fully saturated rings. The molecule has 0 saturated heterocycles. The molecule has 0 atom stereocenters. The zero-order chi connectivity index (χ0) is 18.7. The minimum absolute atomic E-state index is 0.0767. The quantitative estimate of drug-likeness (QED) is 0.689. The number of anilines is 1. The smallest absolute Gasteiger partial charge is 0.322 e. The molecule has 0 spiro atoms. The highest BCUT2D eigenvalue weighted by Gasteiger charge is 2.30. The Morgan fingerprint density at radius 2 is 1.77 bits per heavy atom. The van der Waals surface area contributed by atoms with Crippen molar-refractivity contribution < 1.29 is 18.0 Å². The normalized spacial score (nSPS) is 11.2. The topological polar surface area (TPSA) is 42.0 Å². The van der Waals surface area contributed by atoms with Crippen molar-refractivity contribution >= 4 is 11.6 Å². The van der Waals surface area contributed by atoms with Crippen molar-refractivity contribution in [1.82, 2.24) is 4.98 Å². The highest BCUT2D eigenvalue weighted by atomic mass is 19.4. The number of pyridine rings is 1. The maximum atomic E-state index is 12.7. The largest absolute Gasteiger partial charge is 0.416 e. The average Bonchev–Trinajstić information content (AvgIpc) is 2.62. The van der Waals surface area contributed by atoms with Gasteiger partial charge in [0.25, 0.3) is 5.91 Å². The van der Waals surface area contributed by atoms with Crippen molar-refractivity contribution in [1.29, 1.82) is 0 Å². The lowest BCUT2D eigenvalue weighted by Crippen LogP contribution is -2.13. The lowest BCUT2D eigenvalue weighted by molar-refractivity contribution is -0.137. The van der Waals surface area contributed by atoms with Crippen LogP contribution in [0.25, 0.3) is 11.3 Å². The summed E-state index contributed by atoms with van der Waals surface area (Å²) in [5.74, 6) is -0.520. The fourth-order valence-corrected chi connectivity index (χ4v) is 2.52. The fraction of sp³-hybridized carbons (Fsp3) is 0.100. The minimum Gasteiger partial charge on any atom is -0.322 e. The van der Waals surface area contributed by atoms with Gasteiger partial charge >= 0.3 is 6.18 Å². The van der Waals surface area contributed by atoms with Crippen LogP contribution in [0.5, 0.6) is 0 Å². The van der Waals surface area contributed by atoms with Gasteiger partial charge < -0.3 is 5.32 Å². The summed E-state index contributed by atoms with van der Waals surface area (Å²) in [6, 6.07) is 15.5. The number of hydrogen-bond donors (Lipinski definition) is 1. The molecule has 3 aromatic rings. The van der Waals surface area contributed by atoms with E-state index >= 15 is 0 Å². The third-order valence-corrected chi connectivity index (χ3v) is 3.89. The van der Waals surface area contributed by atoms with Gasteiger partial charge in [0, 0.05) is 17.4 Å². The number of aromatic nitrogens is 1. The van der Waals surface area contributed by atoms with Crippen LogP contribution in [0, 0.1) is 6.92 Å². The molecule has 3 rings (SSSR count). The Balaban J connectivity index is 1.78. The number of benzene rings is 2. The number of nitrogens with zero attached hydrogens (tertiary/aromatic N) is 1. The van der Waals surface area contributed by atoms with Crippen LogP contribution in [0.1, 0.15) is 21.5 Å². The lowest BCUT2D eigenvalue weighted by Gasteiger charge is -2.10. The molecular weight excluding hydrogens is 341 g/mol. The first-order valence-electron chi connectivity index (χ1n) is 7.85. The van der Waals surface area contributed by atoms with E-state index in [2.05, 4.69) is 10.3 Å². The van der Waals surface area contributed by atoms with Crippen molar-refractivity contribution in [3.63, 3.8) is 0 Å². The molecule has 1 heterocycles. The molecule has 6 heteroatoms. The van der Waals surface area contributed by atoms with E-state index < -0.39 is 17.6 Å². The highest BCUT2D eigenvalue weighted by molar-refractivity contribution is 6.04. The van der Waals surface area contributed by atoms with Gasteiger partial charge in [0.15, 0.2) is 0 Å². The summed E-state index contributed by atoms with van der Waals surface area (Å²) in [6.07, 6.45) is -3.05. The van der Waals surface area contributed by atoms with Gasteiger partial charge in [-0.05, 0) is 42.8 Å². The summed E-state index contributed by atoms with van der Waals surface area (Å²) < 4.78 is 38.2. The number of hydrogen-bond acceptors (Lipinski definition) is 2. The van der Waals surface area contributed by atoms with E-state index in [9.17, 15) is 18.0 Å². The number of nitrogens with one attached hydrogen (secondary N) is 1. The van der Waals surface area contributed by atoms with Gasteiger partial charge in [-0.3, -0.25) is 9.78 Å². The Morgan fingerprint density at radius 3 is 2.42 bits per heavy atom. The number of carbonyl (C=O) groups excluding carboxylic acids is 1.